The molecule has 25 heavy (non-hydrogen) atoms. The highest BCUT2D eigenvalue weighted by Crippen LogP contribution is 2.17. The van der Waals surface area contributed by atoms with Crippen LogP contribution in [0.2, 0.25) is 0 Å². The molecule has 2 heterocycles. The van der Waals surface area contributed by atoms with Gasteiger partial charge in [-0.25, -0.2) is 15.0 Å². The van der Waals surface area contributed by atoms with E-state index in [1.807, 2.05) is 30.3 Å². The Kier molecular flexibility index (Phi) is 5.40. The molecule has 0 saturated carbocycles. The number of carbonyl (C=O) groups is 1. The van der Waals surface area contributed by atoms with Crippen molar-refractivity contribution in [1.29, 1.82) is 0 Å². The average molecular weight is 340 g/mol. The van der Waals surface area contributed by atoms with Crippen molar-refractivity contribution in [1.82, 2.24) is 25.3 Å². The minimum Gasteiger partial charge on any atom is -0.494 e. The first-order valence-electron chi connectivity index (χ1n) is 8.04. The number of imidazole rings is 1. The van der Waals surface area contributed by atoms with Gasteiger partial charge in [0.25, 0.3) is 0 Å². The lowest BCUT2D eigenvalue weighted by atomic mass is 10.3. The lowest BCUT2D eigenvalue weighted by molar-refractivity contribution is -0.119. The number of rotatable bonds is 8. The van der Waals surface area contributed by atoms with Crippen LogP contribution in [-0.4, -0.2) is 52.6 Å². The number of nitrogens with one attached hydrogen (secondary N) is 2. The zero-order chi connectivity index (χ0) is 17.5. The topological polar surface area (TPSA) is 96.0 Å². The van der Waals surface area contributed by atoms with Gasteiger partial charge in [-0.15, -0.1) is 0 Å². The van der Waals surface area contributed by atoms with Crippen molar-refractivity contribution in [3.05, 3.63) is 43.0 Å². The molecular formula is C17H20N6O2. The minimum atomic E-state index is -0.0755. The fourth-order valence-corrected chi connectivity index (χ4v) is 2.39. The first-order chi connectivity index (χ1) is 12.2. The van der Waals surface area contributed by atoms with Crippen molar-refractivity contribution in [2.75, 3.05) is 31.6 Å². The number of H-pyrrole nitrogens is 1. The summed E-state index contributed by atoms with van der Waals surface area (Å²) in [6, 6.07) is 9.61. The van der Waals surface area contributed by atoms with Gasteiger partial charge in [0.15, 0.2) is 11.5 Å². The van der Waals surface area contributed by atoms with Crippen molar-refractivity contribution in [2.45, 2.75) is 6.42 Å². The standard InChI is InChI=1S/C17H20N6O2/c1-23(17-15-16(20-11-19-15)21-12-22-17)10-14(24)18-8-5-9-25-13-6-3-2-4-7-13/h2-4,6-7,11-12H,5,8-10H2,1H3,(H,18,24)(H,19,20,21,22). The van der Waals surface area contributed by atoms with Gasteiger partial charge in [0, 0.05) is 13.6 Å². The molecule has 3 rings (SSSR count). The van der Waals surface area contributed by atoms with E-state index in [0.717, 1.165) is 12.2 Å². The van der Waals surface area contributed by atoms with Gasteiger partial charge in [0.2, 0.25) is 5.91 Å². The maximum atomic E-state index is 12.1. The molecule has 0 aliphatic rings. The van der Waals surface area contributed by atoms with Crippen molar-refractivity contribution in [3.63, 3.8) is 0 Å². The third kappa shape index (κ3) is 4.43. The molecule has 3 aromatic rings. The predicted octanol–water partition coefficient (Wildman–Crippen LogP) is 1.37. The molecule has 0 unspecified atom stereocenters. The summed E-state index contributed by atoms with van der Waals surface area (Å²) in [7, 11) is 1.81. The lowest BCUT2D eigenvalue weighted by Gasteiger charge is -2.17. The largest absolute Gasteiger partial charge is 0.494 e. The maximum Gasteiger partial charge on any atom is 0.239 e. The van der Waals surface area contributed by atoms with Crippen molar-refractivity contribution in [2.24, 2.45) is 0 Å². The molecule has 130 valence electrons. The van der Waals surface area contributed by atoms with E-state index in [1.54, 1.807) is 18.3 Å². The van der Waals surface area contributed by atoms with Crippen LogP contribution in [0.4, 0.5) is 5.82 Å². The maximum absolute atomic E-state index is 12.1. The molecule has 0 saturated heterocycles. The Hall–Kier alpha value is -3.16. The lowest BCUT2D eigenvalue weighted by Crippen LogP contribution is -2.36. The molecular weight excluding hydrogens is 320 g/mol. The Balaban J connectivity index is 1.41. The summed E-state index contributed by atoms with van der Waals surface area (Å²) < 4.78 is 5.59. The van der Waals surface area contributed by atoms with Gasteiger partial charge >= 0.3 is 0 Å². The number of fused-ring (bicyclic) bond motifs is 1. The molecule has 2 N–H and O–H groups in total. The van der Waals surface area contributed by atoms with E-state index in [1.165, 1.54) is 6.33 Å². The summed E-state index contributed by atoms with van der Waals surface area (Å²) in [5.41, 5.74) is 1.30. The molecule has 0 spiro atoms. The third-order valence-electron chi connectivity index (χ3n) is 3.60. The summed E-state index contributed by atoms with van der Waals surface area (Å²) in [6.07, 6.45) is 3.74. The van der Waals surface area contributed by atoms with Crippen LogP contribution >= 0.6 is 0 Å². The molecule has 0 atom stereocenters. The quantitative estimate of drug-likeness (QED) is 0.601. The normalized spacial score (nSPS) is 10.6. The second kappa shape index (κ2) is 8.09. The van der Waals surface area contributed by atoms with E-state index in [2.05, 4.69) is 25.3 Å². The fourth-order valence-electron chi connectivity index (χ4n) is 2.39. The van der Waals surface area contributed by atoms with E-state index in [4.69, 9.17) is 4.74 Å². The van der Waals surface area contributed by atoms with E-state index < -0.39 is 0 Å². The molecule has 0 fully saturated rings. The second-order valence-electron chi connectivity index (χ2n) is 5.52. The van der Waals surface area contributed by atoms with Gasteiger partial charge in [-0.3, -0.25) is 4.79 Å². The molecule has 2 aromatic heterocycles. The van der Waals surface area contributed by atoms with Crippen molar-refractivity contribution < 1.29 is 9.53 Å². The Bertz CT molecular complexity index is 820. The second-order valence-corrected chi connectivity index (χ2v) is 5.52. The van der Waals surface area contributed by atoms with Crippen LogP contribution in [-0.2, 0) is 4.79 Å². The number of hydrogen-bond donors (Lipinski definition) is 2. The number of amides is 1. The van der Waals surface area contributed by atoms with Crippen molar-refractivity contribution >= 4 is 22.9 Å². The molecule has 1 amide bonds. The monoisotopic (exact) mass is 340 g/mol. The van der Waals surface area contributed by atoms with Crippen molar-refractivity contribution in [3.8, 4) is 5.75 Å². The van der Waals surface area contributed by atoms with Gasteiger partial charge in [-0.05, 0) is 18.6 Å². The fraction of sp³-hybridized carbons (Fsp3) is 0.294. The summed E-state index contributed by atoms with van der Waals surface area (Å²) in [6.45, 7) is 1.31. The number of carbonyl (C=O) groups excluding carboxylic acids is 1. The van der Waals surface area contributed by atoms with Crippen LogP contribution in [0.25, 0.3) is 11.2 Å². The van der Waals surface area contributed by atoms with Crippen LogP contribution < -0.4 is 15.0 Å². The predicted molar refractivity (Wildman–Crippen MR) is 94.5 cm³/mol. The zero-order valence-corrected chi connectivity index (χ0v) is 14.0. The number of nitrogens with zero attached hydrogens (tertiary/aromatic N) is 4. The Morgan fingerprint density at radius 3 is 2.92 bits per heavy atom. The van der Waals surface area contributed by atoms with E-state index in [-0.39, 0.29) is 12.5 Å². The van der Waals surface area contributed by atoms with E-state index >= 15 is 0 Å². The van der Waals surface area contributed by atoms with Crippen LogP contribution in [0.15, 0.2) is 43.0 Å². The van der Waals surface area contributed by atoms with Gasteiger partial charge < -0.3 is 19.9 Å². The SMILES string of the molecule is CN(CC(=O)NCCCOc1ccccc1)c1ncnc2nc[nH]c12. The Morgan fingerprint density at radius 1 is 1.24 bits per heavy atom. The van der Waals surface area contributed by atoms with Crippen LogP contribution in [0.5, 0.6) is 5.75 Å². The highest BCUT2D eigenvalue weighted by molar-refractivity contribution is 5.86. The van der Waals surface area contributed by atoms with Crippen LogP contribution in [0.1, 0.15) is 6.42 Å². The number of benzene rings is 1. The molecule has 8 nitrogen and oxygen atoms in total. The van der Waals surface area contributed by atoms with Crippen LogP contribution in [0.3, 0.4) is 0 Å². The molecule has 1 aromatic carbocycles. The number of ether oxygens (including phenoxy) is 1. The summed E-state index contributed by atoms with van der Waals surface area (Å²) in [4.78, 5) is 29.2. The van der Waals surface area contributed by atoms with Crippen LogP contribution in [0, 0.1) is 0 Å². The first kappa shape index (κ1) is 16.7. The molecule has 0 aliphatic carbocycles. The van der Waals surface area contributed by atoms with Gasteiger partial charge in [-0.1, -0.05) is 18.2 Å². The van der Waals surface area contributed by atoms with Gasteiger partial charge in [0.05, 0.1) is 19.5 Å². The number of para-hydroxylation sites is 1. The summed E-state index contributed by atoms with van der Waals surface area (Å²) >= 11 is 0. The number of aromatic amines is 1. The zero-order valence-electron chi connectivity index (χ0n) is 14.0. The van der Waals surface area contributed by atoms with Gasteiger partial charge in [0.1, 0.15) is 17.6 Å². The minimum absolute atomic E-state index is 0.0755. The Labute approximate surface area is 145 Å². The highest BCUT2D eigenvalue weighted by atomic mass is 16.5. The third-order valence-corrected chi connectivity index (χ3v) is 3.60. The average Bonchev–Trinajstić information content (AvgIpc) is 3.11. The summed E-state index contributed by atoms with van der Waals surface area (Å²) in [5.74, 6) is 1.40. The summed E-state index contributed by atoms with van der Waals surface area (Å²) in [5, 5.41) is 2.88. The number of hydrogen-bond acceptors (Lipinski definition) is 6. The smallest absolute Gasteiger partial charge is 0.239 e. The first-order valence-corrected chi connectivity index (χ1v) is 8.04. The number of aromatic nitrogens is 4. The molecule has 0 bridgehead atoms. The number of likely N-dealkylation sites (N-methyl/N-ethyl adjacent to an activating group) is 1. The number of anilines is 1. The van der Waals surface area contributed by atoms with Gasteiger partial charge in [-0.2, -0.15) is 0 Å². The van der Waals surface area contributed by atoms with E-state index in [9.17, 15) is 4.79 Å². The molecule has 0 radical (unpaired) electrons. The Morgan fingerprint density at radius 2 is 2.08 bits per heavy atom. The molecule has 8 heteroatoms. The van der Waals surface area contributed by atoms with E-state index in [0.29, 0.717) is 30.1 Å². The molecule has 0 aliphatic heterocycles. The highest BCUT2D eigenvalue weighted by Gasteiger charge is 2.13.